The number of nitrogens with zero attached hydrogens (tertiary/aromatic N) is 6. The summed E-state index contributed by atoms with van der Waals surface area (Å²) in [5.74, 6) is -0.357. The molecule has 10 nitrogen and oxygen atoms in total. The molecule has 0 aliphatic heterocycles. The van der Waals surface area contributed by atoms with E-state index < -0.39 is 0 Å². The Labute approximate surface area is 226 Å². The average Bonchev–Trinajstić information content (AvgIpc) is 3.25. The molecule has 3 rings (SSSR count). The van der Waals surface area contributed by atoms with Gasteiger partial charge in [-0.05, 0) is 42.2 Å². The highest BCUT2D eigenvalue weighted by Crippen LogP contribution is 2.44. The number of anilines is 2. The van der Waals surface area contributed by atoms with Crippen LogP contribution in [0.25, 0.3) is 20.8 Å². The number of rotatable bonds is 9. The number of nitrogens with one attached hydrogen (secondary N) is 1. The van der Waals surface area contributed by atoms with Gasteiger partial charge in [-0.3, -0.25) is 4.79 Å². The summed E-state index contributed by atoms with van der Waals surface area (Å²) < 4.78 is 0. The second kappa shape index (κ2) is 13.3. The number of carbonyl (C=O) groups excluding carboxylic acids is 1. The molecule has 0 saturated heterocycles. The molecule has 10 heteroatoms. The van der Waals surface area contributed by atoms with E-state index in [-0.39, 0.29) is 47.4 Å². The van der Waals surface area contributed by atoms with Crippen molar-refractivity contribution in [1.29, 1.82) is 10.5 Å². The lowest BCUT2D eigenvalue weighted by molar-refractivity contribution is -0.114. The number of hydrogen-bond donors (Lipinski definition) is 3. The molecule has 3 N–H and O–H groups in total. The fourth-order valence-electron chi connectivity index (χ4n) is 4.29. The second-order valence-corrected chi connectivity index (χ2v) is 8.42. The Morgan fingerprint density at radius 1 is 0.974 bits per heavy atom. The number of benzene rings is 2. The first-order chi connectivity index (χ1) is 18.9. The van der Waals surface area contributed by atoms with Gasteiger partial charge in [-0.25, -0.2) is 25.2 Å². The number of aliphatic hydroxyl groups is 2. The fourth-order valence-corrected chi connectivity index (χ4v) is 4.29. The van der Waals surface area contributed by atoms with E-state index in [1.165, 1.54) is 6.92 Å². The van der Waals surface area contributed by atoms with Crippen molar-refractivity contribution in [1.82, 2.24) is 0 Å². The molecule has 39 heavy (non-hydrogen) atoms. The number of allylic oxidation sites excluding steroid dienone is 4. The van der Waals surface area contributed by atoms with Crippen LogP contribution < -0.4 is 10.2 Å². The molecule has 0 unspecified atom stereocenters. The average molecular weight is 520 g/mol. The van der Waals surface area contributed by atoms with Gasteiger partial charge in [-0.1, -0.05) is 24.3 Å². The first kappa shape index (κ1) is 28.3. The van der Waals surface area contributed by atoms with Crippen molar-refractivity contribution in [3.8, 4) is 12.1 Å². The van der Waals surface area contributed by atoms with E-state index in [0.29, 0.717) is 48.4 Å². The molecule has 0 fully saturated rings. The zero-order chi connectivity index (χ0) is 28.4. The zero-order valence-corrected chi connectivity index (χ0v) is 21.3. The Morgan fingerprint density at radius 3 is 1.95 bits per heavy atom. The minimum absolute atomic E-state index is 0.00471. The van der Waals surface area contributed by atoms with Crippen LogP contribution in [-0.4, -0.2) is 48.1 Å². The topological polar surface area (TPSA) is 141 Å². The van der Waals surface area contributed by atoms with E-state index in [4.69, 9.17) is 18.1 Å². The summed E-state index contributed by atoms with van der Waals surface area (Å²) in [4.78, 5) is 25.6. The maximum absolute atomic E-state index is 12.1. The standard InChI is InChI=1S/C29H25N7O3/c1-19(39)34-24-16-20(36(12-6-14-37)13-7-15-38)10-11-23(24)35-29-27(25(17-30)32-2)21-8-4-5-9-22(21)28(29)26(18-31)33-3/h4-5,8-11,16,37-38H,6-7,12-15H2,1H3,(H,34,39)/b27-25+,28-26+. The largest absolute Gasteiger partial charge is 0.396 e. The minimum Gasteiger partial charge on any atom is -0.396 e. The Bertz CT molecular complexity index is 1430. The lowest BCUT2D eigenvalue weighted by Crippen LogP contribution is -2.27. The predicted octanol–water partition coefficient (Wildman–Crippen LogP) is 4.31. The van der Waals surface area contributed by atoms with Crippen molar-refractivity contribution in [2.45, 2.75) is 19.8 Å². The third-order valence-electron chi connectivity index (χ3n) is 5.91. The Kier molecular flexibility index (Phi) is 9.68. The highest BCUT2D eigenvalue weighted by Gasteiger charge is 2.33. The van der Waals surface area contributed by atoms with Gasteiger partial charge < -0.3 is 20.4 Å². The van der Waals surface area contributed by atoms with Gasteiger partial charge >= 0.3 is 0 Å². The normalized spacial score (nSPS) is 14.2. The van der Waals surface area contributed by atoms with E-state index in [0.717, 1.165) is 5.69 Å². The molecular formula is C29H25N7O3. The zero-order valence-electron chi connectivity index (χ0n) is 21.3. The van der Waals surface area contributed by atoms with Gasteiger partial charge in [0.15, 0.2) is 0 Å². The van der Waals surface area contributed by atoms with Gasteiger partial charge in [0.05, 0.1) is 42.4 Å². The Morgan fingerprint density at radius 2 is 1.51 bits per heavy atom. The number of hydrogen-bond acceptors (Lipinski definition) is 7. The third kappa shape index (κ3) is 6.18. The maximum Gasteiger partial charge on any atom is 0.271 e. The molecule has 0 atom stereocenters. The van der Waals surface area contributed by atoms with Gasteiger partial charge in [0.1, 0.15) is 0 Å². The molecule has 1 amide bonds. The monoisotopic (exact) mass is 519 g/mol. The van der Waals surface area contributed by atoms with E-state index in [2.05, 4.69) is 15.0 Å². The molecule has 0 spiro atoms. The second-order valence-electron chi connectivity index (χ2n) is 8.42. The molecule has 0 bridgehead atoms. The van der Waals surface area contributed by atoms with Crippen molar-refractivity contribution in [3.63, 3.8) is 0 Å². The van der Waals surface area contributed by atoms with Crippen LogP contribution in [-0.2, 0) is 4.79 Å². The number of aliphatic imine (C=N–C) groups is 1. The lowest BCUT2D eigenvalue weighted by atomic mass is 10.0. The molecular weight excluding hydrogens is 494 g/mol. The third-order valence-corrected chi connectivity index (χ3v) is 5.91. The van der Waals surface area contributed by atoms with Crippen molar-refractivity contribution in [2.75, 3.05) is 36.5 Å². The molecule has 0 radical (unpaired) electrons. The van der Waals surface area contributed by atoms with Crippen LogP contribution >= 0.6 is 0 Å². The molecule has 1 aliphatic carbocycles. The van der Waals surface area contributed by atoms with Gasteiger partial charge in [-0.2, -0.15) is 0 Å². The van der Waals surface area contributed by atoms with Gasteiger partial charge in [0.2, 0.25) is 5.91 Å². The summed E-state index contributed by atoms with van der Waals surface area (Å²) in [6.45, 7) is 17.5. The number of nitriles is 2. The highest BCUT2D eigenvalue weighted by atomic mass is 16.3. The van der Waals surface area contributed by atoms with Crippen molar-refractivity contribution < 1.29 is 15.0 Å². The van der Waals surface area contributed by atoms with Crippen LogP contribution in [0.5, 0.6) is 0 Å². The Hall–Kier alpha value is -5.26. The first-order valence-corrected chi connectivity index (χ1v) is 12.0. The summed E-state index contributed by atoms with van der Waals surface area (Å²) in [5, 5.41) is 40.9. The van der Waals surface area contributed by atoms with Crippen LogP contribution in [0.2, 0.25) is 0 Å². The first-order valence-electron chi connectivity index (χ1n) is 12.0. The van der Waals surface area contributed by atoms with E-state index >= 15 is 0 Å². The molecule has 0 aromatic heterocycles. The molecule has 0 heterocycles. The molecule has 194 valence electrons. The maximum atomic E-state index is 12.1. The summed E-state index contributed by atoms with van der Waals surface area (Å²) in [7, 11) is 0. The van der Waals surface area contributed by atoms with E-state index in [9.17, 15) is 25.5 Å². The van der Waals surface area contributed by atoms with Gasteiger partial charge in [-0.15, -0.1) is 0 Å². The summed E-state index contributed by atoms with van der Waals surface area (Å²) >= 11 is 0. The summed E-state index contributed by atoms with van der Waals surface area (Å²) in [6, 6.07) is 15.8. The van der Waals surface area contributed by atoms with Crippen LogP contribution in [0.1, 0.15) is 30.9 Å². The molecule has 2 aromatic rings. The fraction of sp³-hybridized carbons (Fsp3) is 0.241. The van der Waals surface area contributed by atoms with E-state index in [1.54, 1.807) is 42.5 Å². The van der Waals surface area contributed by atoms with Crippen LogP contribution in [0.4, 0.5) is 17.1 Å². The van der Waals surface area contributed by atoms with Gasteiger partial charge in [0.25, 0.3) is 11.4 Å². The van der Waals surface area contributed by atoms with Crippen molar-refractivity contribution in [3.05, 3.63) is 87.8 Å². The van der Waals surface area contributed by atoms with Crippen LogP contribution in [0.15, 0.2) is 58.9 Å². The molecule has 1 aliphatic rings. The number of fused-ring (bicyclic) bond motifs is 1. The minimum atomic E-state index is -0.357. The molecule has 2 aromatic carbocycles. The van der Waals surface area contributed by atoms with Crippen LogP contribution in [0, 0.1) is 35.8 Å². The van der Waals surface area contributed by atoms with Crippen LogP contribution in [0.3, 0.4) is 0 Å². The van der Waals surface area contributed by atoms with E-state index in [1.807, 2.05) is 17.0 Å². The highest BCUT2D eigenvalue weighted by molar-refractivity contribution is 6.51. The summed E-state index contributed by atoms with van der Waals surface area (Å²) in [5.41, 5.74) is 2.42. The molecule has 0 saturated carbocycles. The SMILES string of the molecule is [C-]#[N+]/C(C#N)=C1/C(=Nc2ccc(N(CCCO)CCCO)cc2NC(C)=O)/C(=C(\C#N)[N+]#[C-])c2ccccc21. The van der Waals surface area contributed by atoms with Crippen molar-refractivity contribution >= 4 is 39.8 Å². The summed E-state index contributed by atoms with van der Waals surface area (Å²) in [6.07, 6.45) is 1.01. The smallest absolute Gasteiger partial charge is 0.271 e. The lowest BCUT2D eigenvalue weighted by Gasteiger charge is -2.25. The quantitative estimate of drug-likeness (QED) is 0.333. The number of aliphatic hydroxyl groups excluding tert-OH is 2. The predicted molar refractivity (Wildman–Crippen MR) is 148 cm³/mol. The number of carbonyl (C=O) groups is 1. The van der Waals surface area contributed by atoms with Crippen molar-refractivity contribution in [2.24, 2.45) is 4.99 Å². The Balaban J connectivity index is 2.32. The number of amides is 1. The van der Waals surface area contributed by atoms with Gasteiger partial charge in [0, 0.05) is 50.1 Å².